The molecule has 1 saturated heterocycles. The van der Waals surface area contributed by atoms with Crippen LogP contribution in [0.2, 0.25) is 0 Å². The maximum atomic E-state index is 12.0. The molecule has 4 heterocycles. The molecule has 0 spiro atoms. The van der Waals surface area contributed by atoms with Crippen molar-refractivity contribution in [2.75, 3.05) is 23.3 Å². The Kier molecular flexibility index (Phi) is 4.77. The van der Waals surface area contributed by atoms with Gasteiger partial charge in [0.15, 0.2) is 17.1 Å². The molecule has 1 aromatic carbocycles. The first-order valence-electron chi connectivity index (χ1n) is 10.0. The van der Waals surface area contributed by atoms with Crippen molar-refractivity contribution in [2.45, 2.75) is 12.3 Å². The summed E-state index contributed by atoms with van der Waals surface area (Å²) >= 11 is 0. The van der Waals surface area contributed by atoms with Gasteiger partial charge in [0.1, 0.15) is 11.8 Å². The van der Waals surface area contributed by atoms with Gasteiger partial charge >= 0.3 is 0 Å². The first kappa shape index (κ1) is 19.7. The van der Waals surface area contributed by atoms with Crippen LogP contribution in [0.15, 0.2) is 41.2 Å². The van der Waals surface area contributed by atoms with Crippen LogP contribution in [0.25, 0.3) is 11.1 Å². The smallest absolute Gasteiger partial charge is 0.298 e. The molecule has 0 unspecified atom stereocenters. The van der Waals surface area contributed by atoms with Crippen LogP contribution >= 0.6 is 0 Å². The first-order valence-corrected chi connectivity index (χ1v) is 10.0. The van der Waals surface area contributed by atoms with E-state index in [1.54, 1.807) is 30.3 Å². The number of hydrogen-bond donors (Lipinski definition) is 2. The summed E-state index contributed by atoms with van der Waals surface area (Å²) in [5.74, 6) is -0.309. The molecule has 5 rings (SSSR count). The number of rotatable bonds is 7. The van der Waals surface area contributed by atoms with E-state index in [2.05, 4.69) is 25.4 Å². The normalized spacial score (nSPS) is 13.8. The summed E-state index contributed by atoms with van der Waals surface area (Å²) in [5.41, 5.74) is 9.23. The van der Waals surface area contributed by atoms with E-state index in [-0.39, 0.29) is 17.4 Å². The van der Waals surface area contributed by atoms with E-state index in [0.29, 0.717) is 42.5 Å². The lowest BCUT2D eigenvalue weighted by atomic mass is 9.97. The van der Waals surface area contributed by atoms with Crippen LogP contribution in [0.3, 0.4) is 0 Å². The lowest BCUT2D eigenvalue weighted by Gasteiger charge is -2.37. The minimum atomic E-state index is -0.660. The Balaban J connectivity index is 1.31. The molecule has 3 N–H and O–H groups in total. The Hall–Kier alpha value is -4.28. The summed E-state index contributed by atoms with van der Waals surface area (Å²) in [6.07, 6.45) is 6.21. The van der Waals surface area contributed by atoms with Crippen LogP contribution in [0.1, 0.15) is 27.7 Å². The largest absolute Gasteiger partial charge is 0.423 e. The molecule has 1 aliphatic rings. The van der Waals surface area contributed by atoms with Crippen LogP contribution in [-0.4, -0.2) is 50.0 Å². The number of nitrogens with zero attached hydrogens (tertiary/aromatic N) is 6. The van der Waals surface area contributed by atoms with E-state index in [1.807, 2.05) is 23.1 Å². The molecular formula is C21H20N8O3. The Labute approximate surface area is 182 Å². The zero-order valence-electron chi connectivity index (χ0n) is 17.2. The van der Waals surface area contributed by atoms with Crippen molar-refractivity contribution in [3.05, 3.63) is 53.7 Å². The lowest BCUT2D eigenvalue weighted by molar-refractivity contribution is -0.107. The number of amides is 1. The molecule has 0 aliphatic carbocycles. The molecule has 162 valence electrons. The number of nitrogens with one attached hydrogen (secondary N) is 1. The SMILES string of the molecule is Cn1cc(Nc2ncc(C3CN(c4nc5ccc(CC=O)cc5o4)C3)nc2C(N)=O)cn1. The van der Waals surface area contributed by atoms with Gasteiger partial charge in [-0.1, -0.05) is 6.07 Å². The van der Waals surface area contributed by atoms with Crippen molar-refractivity contribution in [3.8, 4) is 0 Å². The first-order chi connectivity index (χ1) is 15.5. The second kappa shape index (κ2) is 7.76. The number of benzene rings is 1. The van der Waals surface area contributed by atoms with Crippen molar-refractivity contribution in [2.24, 2.45) is 12.8 Å². The Bertz CT molecular complexity index is 1320. The minimum absolute atomic E-state index is 0.0636. The van der Waals surface area contributed by atoms with E-state index in [9.17, 15) is 9.59 Å². The van der Waals surface area contributed by atoms with Crippen molar-refractivity contribution in [1.82, 2.24) is 24.7 Å². The maximum absolute atomic E-state index is 12.0. The molecule has 1 aliphatic heterocycles. The van der Waals surface area contributed by atoms with E-state index in [4.69, 9.17) is 10.2 Å². The Morgan fingerprint density at radius 1 is 1.31 bits per heavy atom. The zero-order chi connectivity index (χ0) is 22.2. The number of anilines is 3. The van der Waals surface area contributed by atoms with Gasteiger partial charge in [-0.25, -0.2) is 9.97 Å². The summed E-state index contributed by atoms with van der Waals surface area (Å²) < 4.78 is 7.49. The molecule has 1 fully saturated rings. The van der Waals surface area contributed by atoms with Crippen molar-refractivity contribution in [1.29, 1.82) is 0 Å². The molecule has 0 radical (unpaired) electrons. The number of carbonyl (C=O) groups is 2. The molecule has 0 bridgehead atoms. The minimum Gasteiger partial charge on any atom is -0.423 e. The number of aldehydes is 1. The second-order valence-corrected chi connectivity index (χ2v) is 7.66. The number of carbonyl (C=O) groups excluding carboxylic acids is 2. The Morgan fingerprint density at radius 2 is 2.16 bits per heavy atom. The fourth-order valence-electron chi connectivity index (χ4n) is 3.62. The van der Waals surface area contributed by atoms with Crippen molar-refractivity contribution in [3.63, 3.8) is 0 Å². The van der Waals surface area contributed by atoms with Gasteiger partial charge in [0, 0.05) is 38.7 Å². The van der Waals surface area contributed by atoms with Crippen LogP contribution < -0.4 is 16.0 Å². The average molecular weight is 432 g/mol. The number of nitrogens with two attached hydrogens (primary N) is 1. The van der Waals surface area contributed by atoms with Gasteiger partial charge in [0.25, 0.3) is 11.9 Å². The second-order valence-electron chi connectivity index (χ2n) is 7.66. The zero-order valence-corrected chi connectivity index (χ0v) is 17.2. The van der Waals surface area contributed by atoms with E-state index in [1.165, 1.54) is 0 Å². The van der Waals surface area contributed by atoms with Gasteiger partial charge in [0.05, 0.1) is 23.8 Å². The van der Waals surface area contributed by atoms with Crippen LogP contribution in [0.5, 0.6) is 0 Å². The summed E-state index contributed by atoms with van der Waals surface area (Å²) in [5, 5.41) is 7.10. The summed E-state index contributed by atoms with van der Waals surface area (Å²) in [6.45, 7) is 1.24. The summed E-state index contributed by atoms with van der Waals surface area (Å²) in [4.78, 5) is 38.0. The average Bonchev–Trinajstić information content (AvgIpc) is 3.33. The molecule has 0 atom stereocenters. The fourth-order valence-corrected chi connectivity index (χ4v) is 3.62. The standard InChI is InChI=1S/C21H20N8O3/c1-28-11-14(7-24-28)25-20-18(19(22)31)26-16(8-23-20)13-9-29(10-13)21-27-15-3-2-12(4-5-30)6-17(15)32-21/h2-3,5-8,11,13H,4,9-10H2,1H3,(H2,22,31)(H,23,25). The molecule has 0 saturated carbocycles. The molecule has 32 heavy (non-hydrogen) atoms. The van der Waals surface area contributed by atoms with Crippen molar-refractivity contribution >= 4 is 40.8 Å². The quantitative estimate of drug-likeness (QED) is 0.415. The third-order valence-corrected chi connectivity index (χ3v) is 5.32. The maximum Gasteiger partial charge on any atom is 0.298 e. The fraction of sp³-hybridized carbons (Fsp3) is 0.238. The predicted octanol–water partition coefficient (Wildman–Crippen LogP) is 1.54. The number of aromatic nitrogens is 5. The summed E-state index contributed by atoms with van der Waals surface area (Å²) in [7, 11) is 1.79. The highest BCUT2D eigenvalue weighted by Crippen LogP contribution is 2.33. The van der Waals surface area contributed by atoms with Crippen LogP contribution in [0.4, 0.5) is 17.5 Å². The third-order valence-electron chi connectivity index (χ3n) is 5.32. The lowest BCUT2D eigenvalue weighted by Crippen LogP contribution is -2.45. The molecule has 4 aromatic rings. The van der Waals surface area contributed by atoms with E-state index >= 15 is 0 Å². The topological polar surface area (TPSA) is 145 Å². The molecule has 11 nitrogen and oxygen atoms in total. The number of aryl methyl sites for hydroxylation is 1. The van der Waals surface area contributed by atoms with Gasteiger partial charge in [-0.05, 0) is 17.7 Å². The number of primary amides is 1. The highest BCUT2D eigenvalue weighted by atomic mass is 16.4. The molecular weight excluding hydrogens is 412 g/mol. The third kappa shape index (κ3) is 3.64. The number of hydrogen-bond acceptors (Lipinski definition) is 9. The van der Waals surface area contributed by atoms with Gasteiger partial charge in [-0.3, -0.25) is 9.48 Å². The monoisotopic (exact) mass is 432 g/mol. The number of fused-ring (bicyclic) bond motifs is 1. The van der Waals surface area contributed by atoms with Gasteiger partial charge in [-0.2, -0.15) is 10.1 Å². The highest BCUT2D eigenvalue weighted by molar-refractivity contribution is 5.96. The van der Waals surface area contributed by atoms with Crippen LogP contribution in [-0.2, 0) is 18.3 Å². The molecule has 3 aromatic heterocycles. The van der Waals surface area contributed by atoms with Gasteiger partial charge < -0.3 is 25.2 Å². The van der Waals surface area contributed by atoms with Crippen LogP contribution in [0, 0.1) is 0 Å². The molecule has 11 heteroatoms. The van der Waals surface area contributed by atoms with Crippen molar-refractivity contribution < 1.29 is 14.0 Å². The number of oxazole rings is 1. The summed E-state index contributed by atoms with van der Waals surface area (Å²) in [6, 6.07) is 6.05. The highest BCUT2D eigenvalue weighted by Gasteiger charge is 2.33. The molecule has 1 amide bonds. The van der Waals surface area contributed by atoms with Gasteiger partial charge in [0.2, 0.25) is 0 Å². The van der Waals surface area contributed by atoms with E-state index < -0.39 is 5.91 Å². The van der Waals surface area contributed by atoms with E-state index in [0.717, 1.165) is 17.4 Å². The predicted molar refractivity (Wildman–Crippen MR) is 116 cm³/mol. The van der Waals surface area contributed by atoms with Gasteiger partial charge in [-0.15, -0.1) is 0 Å². The Morgan fingerprint density at radius 3 is 2.88 bits per heavy atom.